The number of aliphatic carboxylic acids is 1. The zero-order valence-electron chi connectivity index (χ0n) is 10.8. The van der Waals surface area contributed by atoms with Crippen molar-refractivity contribution < 1.29 is 9.90 Å². The Morgan fingerprint density at radius 1 is 1.29 bits per heavy atom. The van der Waals surface area contributed by atoms with Crippen LogP contribution in [0.2, 0.25) is 0 Å². The van der Waals surface area contributed by atoms with Crippen molar-refractivity contribution in [3.63, 3.8) is 0 Å². The molecule has 0 spiro atoms. The van der Waals surface area contributed by atoms with Crippen molar-refractivity contribution in [3.05, 3.63) is 35.4 Å². The van der Waals surface area contributed by atoms with Gasteiger partial charge in [-0.1, -0.05) is 38.1 Å². The van der Waals surface area contributed by atoms with Crippen LogP contribution in [-0.4, -0.2) is 36.1 Å². The largest absolute Gasteiger partial charge is 0.480 e. The van der Waals surface area contributed by atoms with Gasteiger partial charge in [-0.2, -0.15) is 0 Å². The van der Waals surface area contributed by atoms with Crippen molar-refractivity contribution in [2.45, 2.75) is 26.2 Å². The average Bonchev–Trinajstić information content (AvgIpc) is 2.26. The van der Waals surface area contributed by atoms with Crippen LogP contribution in [0, 0.1) is 0 Å². The van der Waals surface area contributed by atoms with Crippen molar-refractivity contribution in [1.29, 1.82) is 0 Å². The minimum absolute atomic E-state index is 0.101. The van der Waals surface area contributed by atoms with Gasteiger partial charge in [0.2, 0.25) is 0 Å². The fraction of sp³-hybridized carbons (Fsp3) is 0.500. The minimum Gasteiger partial charge on any atom is -0.480 e. The molecule has 1 N–H and O–H groups in total. The second-order valence-electron chi connectivity index (χ2n) is 4.78. The van der Waals surface area contributed by atoms with E-state index in [0.717, 1.165) is 13.0 Å². The Morgan fingerprint density at radius 3 is 2.35 bits per heavy atom. The van der Waals surface area contributed by atoms with Gasteiger partial charge >= 0.3 is 5.97 Å². The third kappa shape index (κ3) is 5.00. The normalized spacial score (nSPS) is 11.1. The molecule has 0 saturated heterocycles. The van der Waals surface area contributed by atoms with Crippen LogP contribution in [0.1, 0.15) is 30.9 Å². The van der Waals surface area contributed by atoms with Gasteiger partial charge in [0, 0.05) is 6.54 Å². The van der Waals surface area contributed by atoms with Gasteiger partial charge in [0.15, 0.2) is 0 Å². The number of carboxylic acids is 1. The molecule has 3 heteroatoms. The van der Waals surface area contributed by atoms with E-state index in [0.29, 0.717) is 5.92 Å². The Labute approximate surface area is 103 Å². The molecule has 1 rings (SSSR count). The summed E-state index contributed by atoms with van der Waals surface area (Å²) >= 11 is 0. The number of nitrogens with zero attached hydrogens (tertiary/aromatic N) is 1. The van der Waals surface area contributed by atoms with Crippen molar-refractivity contribution in [1.82, 2.24) is 4.90 Å². The van der Waals surface area contributed by atoms with Gasteiger partial charge in [0.1, 0.15) is 0 Å². The number of rotatable bonds is 6. The third-order valence-electron chi connectivity index (χ3n) is 2.83. The van der Waals surface area contributed by atoms with E-state index in [-0.39, 0.29) is 6.54 Å². The Balaban J connectivity index is 2.44. The van der Waals surface area contributed by atoms with Crippen LogP contribution in [0.5, 0.6) is 0 Å². The van der Waals surface area contributed by atoms with Crippen LogP contribution >= 0.6 is 0 Å². The highest BCUT2D eigenvalue weighted by molar-refractivity contribution is 5.68. The standard InChI is InChI=1S/C14H21NO2/c1-11(2)13-6-4-12(5-7-13)8-9-15(3)10-14(16)17/h4-7,11H,8-10H2,1-3H3,(H,16,17). The Morgan fingerprint density at radius 2 is 1.88 bits per heavy atom. The smallest absolute Gasteiger partial charge is 0.317 e. The first-order chi connectivity index (χ1) is 7.99. The fourth-order valence-corrected chi connectivity index (χ4v) is 1.70. The molecular formula is C14H21NO2. The molecule has 0 amide bonds. The topological polar surface area (TPSA) is 40.5 Å². The highest BCUT2D eigenvalue weighted by Crippen LogP contribution is 2.14. The van der Waals surface area contributed by atoms with E-state index >= 15 is 0 Å². The summed E-state index contributed by atoms with van der Waals surface area (Å²) in [6, 6.07) is 8.56. The number of likely N-dealkylation sites (N-methyl/N-ethyl adjacent to an activating group) is 1. The molecule has 0 radical (unpaired) electrons. The molecule has 17 heavy (non-hydrogen) atoms. The minimum atomic E-state index is -0.775. The molecule has 0 aromatic heterocycles. The van der Waals surface area contributed by atoms with E-state index in [9.17, 15) is 4.79 Å². The summed E-state index contributed by atoms with van der Waals surface area (Å²) in [5, 5.41) is 8.64. The zero-order valence-corrected chi connectivity index (χ0v) is 10.8. The van der Waals surface area contributed by atoms with Gasteiger partial charge < -0.3 is 5.11 Å². The molecule has 0 aliphatic carbocycles. The van der Waals surface area contributed by atoms with Crippen molar-refractivity contribution in [3.8, 4) is 0 Å². The maximum absolute atomic E-state index is 10.5. The van der Waals surface area contributed by atoms with Crippen LogP contribution in [0.4, 0.5) is 0 Å². The number of carbonyl (C=O) groups is 1. The number of hydrogen-bond donors (Lipinski definition) is 1. The van der Waals surface area contributed by atoms with Gasteiger partial charge in [-0.05, 0) is 30.5 Å². The molecular weight excluding hydrogens is 214 g/mol. The molecule has 0 saturated carbocycles. The fourth-order valence-electron chi connectivity index (χ4n) is 1.70. The van der Waals surface area contributed by atoms with E-state index in [2.05, 4.69) is 38.1 Å². The first-order valence-corrected chi connectivity index (χ1v) is 5.98. The molecule has 0 fully saturated rings. The molecule has 0 atom stereocenters. The average molecular weight is 235 g/mol. The molecule has 0 bridgehead atoms. The second kappa shape index (κ2) is 6.40. The lowest BCUT2D eigenvalue weighted by molar-refractivity contribution is -0.137. The zero-order chi connectivity index (χ0) is 12.8. The predicted molar refractivity (Wildman–Crippen MR) is 69.4 cm³/mol. The third-order valence-corrected chi connectivity index (χ3v) is 2.83. The summed E-state index contributed by atoms with van der Waals surface area (Å²) in [7, 11) is 1.83. The molecule has 1 aromatic carbocycles. The Kier molecular flexibility index (Phi) is 5.16. The Hall–Kier alpha value is -1.35. The molecule has 0 aliphatic rings. The van der Waals surface area contributed by atoms with Crippen LogP contribution in [0.3, 0.4) is 0 Å². The van der Waals surface area contributed by atoms with Crippen LogP contribution in [0.15, 0.2) is 24.3 Å². The molecule has 0 aliphatic heterocycles. The maximum Gasteiger partial charge on any atom is 0.317 e. The van der Waals surface area contributed by atoms with Gasteiger partial charge in [-0.15, -0.1) is 0 Å². The summed E-state index contributed by atoms with van der Waals surface area (Å²) in [6.07, 6.45) is 0.891. The van der Waals surface area contributed by atoms with Crippen molar-refractivity contribution in [2.24, 2.45) is 0 Å². The molecule has 94 valence electrons. The van der Waals surface area contributed by atoms with Gasteiger partial charge in [-0.25, -0.2) is 0 Å². The highest BCUT2D eigenvalue weighted by Gasteiger charge is 2.04. The molecule has 1 aromatic rings. The lowest BCUT2D eigenvalue weighted by atomic mass is 10.0. The van der Waals surface area contributed by atoms with Crippen LogP contribution in [0.25, 0.3) is 0 Å². The van der Waals surface area contributed by atoms with Crippen LogP contribution < -0.4 is 0 Å². The van der Waals surface area contributed by atoms with Gasteiger partial charge in [0.05, 0.1) is 6.54 Å². The summed E-state index contributed by atoms with van der Waals surface area (Å²) in [5.41, 5.74) is 2.60. The van der Waals surface area contributed by atoms with E-state index in [1.807, 2.05) is 11.9 Å². The van der Waals surface area contributed by atoms with Crippen molar-refractivity contribution in [2.75, 3.05) is 20.1 Å². The molecule has 0 heterocycles. The highest BCUT2D eigenvalue weighted by atomic mass is 16.4. The summed E-state index contributed by atoms with van der Waals surface area (Å²) in [6.45, 7) is 5.22. The monoisotopic (exact) mass is 235 g/mol. The first kappa shape index (κ1) is 13.7. The van der Waals surface area contributed by atoms with Crippen molar-refractivity contribution >= 4 is 5.97 Å². The quantitative estimate of drug-likeness (QED) is 0.823. The number of benzene rings is 1. The number of hydrogen-bond acceptors (Lipinski definition) is 2. The van der Waals surface area contributed by atoms with E-state index < -0.39 is 5.97 Å². The maximum atomic E-state index is 10.5. The van der Waals surface area contributed by atoms with Gasteiger partial charge in [-0.3, -0.25) is 9.69 Å². The van der Waals surface area contributed by atoms with E-state index in [1.165, 1.54) is 11.1 Å². The lowest BCUT2D eigenvalue weighted by Gasteiger charge is -2.14. The number of carboxylic acid groups (broad SMARTS) is 1. The SMILES string of the molecule is CC(C)c1ccc(CCN(C)CC(=O)O)cc1. The summed E-state index contributed by atoms with van der Waals surface area (Å²) in [4.78, 5) is 12.3. The van der Waals surface area contributed by atoms with Gasteiger partial charge in [0.25, 0.3) is 0 Å². The Bertz CT molecular complexity index is 357. The summed E-state index contributed by atoms with van der Waals surface area (Å²) < 4.78 is 0. The molecule has 0 unspecified atom stereocenters. The second-order valence-corrected chi connectivity index (χ2v) is 4.78. The van der Waals surface area contributed by atoms with E-state index in [4.69, 9.17) is 5.11 Å². The first-order valence-electron chi connectivity index (χ1n) is 5.98. The van der Waals surface area contributed by atoms with Crippen LogP contribution in [-0.2, 0) is 11.2 Å². The van der Waals surface area contributed by atoms with E-state index in [1.54, 1.807) is 0 Å². The molecule has 3 nitrogen and oxygen atoms in total. The lowest BCUT2D eigenvalue weighted by Crippen LogP contribution is -2.27. The predicted octanol–water partition coefficient (Wildman–Crippen LogP) is 2.37. The summed E-state index contributed by atoms with van der Waals surface area (Å²) in [5.74, 6) is -0.221.